The first-order valence-corrected chi connectivity index (χ1v) is 20.9. The molecule has 0 aromatic heterocycles. The van der Waals surface area contributed by atoms with Crippen molar-refractivity contribution in [3.63, 3.8) is 0 Å². The van der Waals surface area contributed by atoms with Crippen LogP contribution in [0, 0.1) is 0 Å². The molecule has 0 amide bonds. The zero-order valence-electron chi connectivity index (χ0n) is 30.7. The molecule has 266 valence electrons. The van der Waals surface area contributed by atoms with Gasteiger partial charge in [0, 0.05) is 12.8 Å². The van der Waals surface area contributed by atoms with Gasteiger partial charge in [-0.2, -0.15) is 0 Å². The van der Waals surface area contributed by atoms with Gasteiger partial charge in [-0.3, -0.25) is 4.79 Å². The van der Waals surface area contributed by atoms with Crippen LogP contribution in [0.25, 0.3) is 0 Å². The molecule has 0 aliphatic heterocycles. The number of ether oxygens (including phenoxy) is 2. The fraction of sp³-hybridized carbons (Fsp3) is 0.683. The molecule has 5 nitrogen and oxygen atoms in total. The highest BCUT2D eigenvalue weighted by Gasteiger charge is 2.50. The summed E-state index contributed by atoms with van der Waals surface area (Å²) in [4.78, 5) is 12.7. The molecule has 47 heavy (non-hydrogen) atoms. The van der Waals surface area contributed by atoms with Crippen molar-refractivity contribution >= 4 is 24.7 Å². The maximum Gasteiger partial charge on any atom is 0.306 e. The third-order valence-corrected chi connectivity index (χ3v) is 14.2. The summed E-state index contributed by atoms with van der Waals surface area (Å²) in [6.45, 7) is 12.0. The second-order valence-corrected chi connectivity index (χ2v) is 18.7. The Morgan fingerprint density at radius 1 is 0.681 bits per heavy atom. The molecule has 2 aromatic rings. The van der Waals surface area contributed by atoms with Crippen molar-refractivity contribution in [1.29, 1.82) is 0 Å². The summed E-state index contributed by atoms with van der Waals surface area (Å²) >= 11 is 0. The Morgan fingerprint density at radius 2 is 1.17 bits per heavy atom. The monoisotopic (exact) mass is 668 g/mol. The standard InChI is InChI=1S/C41H68O5Si/c1-6-8-10-12-13-14-15-17-25-31-40(43)46-37(26-20-16-11-9-7-2)32-33-44-34-36(42)35-45-47(41(3,4)5,38-27-21-18-22-28-38)39-29-23-19-24-30-39/h18-19,21-24,27-30,36-37,42H,6-17,20,25-26,31-35H2,1-5H3. The van der Waals surface area contributed by atoms with Gasteiger partial charge in [-0.1, -0.05) is 172 Å². The lowest BCUT2D eigenvalue weighted by atomic mass is 10.1. The van der Waals surface area contributed by atoms with Crippen LogP contribution in [-0.4, -0.2) is 51.4 Å². The molecule has 0 spiro atoms. The van der Waals surface area contributed by atoms with Crippen LogP contribution < -0.4 is 10.4 Å². The van der Waals surface area contributed by atoms with Crippen LogP contribution in [-0.2, 0) is 18.7 Å². The molecule has 0 aliphatic rings. The van der Waals surface area contributed by atoms with Crippen molar-refractivity contribution in [3.8, 4) is 0 Å². The first-order chi connectivity index (χ1) is 22.7. The topological polar surface area (TPSA) is 65.0 Å². The molecule has 2 atom stereocenters. The molecule has 2 aromatic carbocycles. The molecule has 1 N–H and O–H groups in total. The first kappa shape index (κ1) is 41.2. The van der Waals surface area contributed by atoms with Gasteiger partial charge >= 0.3 is 5.97 Å². The molecular weight excluding hydrogens is 601 g/mol. The maximum atomic E-state index is 12.7. The summed E-state index contributed by atoms with van der Waals surface area (Å²) in [6, 6.07) is 21.0. The molecule has 0 saturated carbocycles. The van der Waals surface area contributed by atoms with Crippen LogP contribution in [0.4, 0.5) is 0 Å². The molecule has 0 saturated heterocycles. The van der Waals surface area contributed by atoms with E-state index in [1.807, 2.05) is 12.1 Å². The fourth-order valence-corrected chi connectivity index (χ4v) is 11.1. The lowest BCUT2D eigenvalue weighted by molar-refractivity contribution is -0.150. The Labute approximate surface area is 289 Å². The van der Waals surface area contributed by atoms with Crippen molar-refractivity contribution in [2.45, 2.75) is 161 Å². The molecular formula is C41H68O5Si. The van der Waals surface area contributed by atoms with Crippen molar-refractivity contribution in [2.75, 3.05) is 19.8 Å². The Hall–Kier alpha value is -1.99. The third kappa shape index (κ3) is 15.8. The largest absolute Gasteiger partial charge is 0.462 e. The molecule has 0 aliphatic carbocycles. The zero-order valence-corrected chi connectivity index (χ0v) is 31.7. The van der Waals surface area contributed by atoms with Gasteiger partial charge in [0.15, 0.2) is 0 Å². The highest BCUT2D eigenvalue weighted by atomic mass is 28.4. The van der Waals surface area contributed by atoms with Crippen molar-refractivity contribution in [2.24, 2.45) is 0 Å². The van der Waals surface area contributed by atoms with Gasteiger partial charge < -0.3 is 19.0 Å². The molecule has 2 unspecified atom stereocenters. The van der Waals surface area contributed by atoms with E-state index >= 15 is 0 Å². The number of unbranched alkanes of at least 4 members (excludes halogenated alkanes) is 12. The minimum atomic E-state index is -2.72. The molecule has 2 rings (SSSR count). The van der Waals surface area contributed by atoms with E-state index in [-0.39, 0.29) is 30.3 Å². The second kappa shape index (κ2) is 24.2. The van der Waals surface area contributed by atoms with E-state index in [0.717, 1.165) is 25.7 Å². The van der Waals surface area contributed by atoms with Crippen LogP contribution in [0.5, 0.6) is 0 Å². The normalized spacial score (nSPS) is 13.4. The van der Waals surface area contributed by atoms with Crippen molar-refractivity contribution < 1.29 is 23.8 Å². The number of hydrogen-bond donors (Lipinski definition) is 1. The SMILES string of the molecule is CCCCCCCCCCCC(=O)OC(CCCCCCC)CCOCC(O)CO[Si](c1ccccc1)(c1ccccc1)C(C)(C)C. The Bertz CT molecular complexity index is 999. The van der Waals surface area contributed by atoms with Gasteiger partial charge in [0.05, 0.1) is 25.9 Å². The fourth-order valence-electron chi connectivity index (χ4n) is 6.53. The van der Waals surface area contributed by atoms with Gasteiger partial charge in [-0.25, -0.2) is 0 Å². The van der Waals surface area contributed by atoms with Crippen molar-refractivity contribution in [3.05, 3.63) is 60.7 Å². The zero-order chi connectivity index (χ0) is 34.2. The summed E-state index contributed by atoms with van der Waals surface area (Å²) in [5.41, 5.74) is 0. The summed E-state index contributed by atoms with van der Waals surface area (Å²) < 4.78 is 18.8. The highest BCUT2D eigenvalue weighted by Crippen LogP contribution is 2.36. The number of carbonyl (C=O) groups excluding carboxylic acids is 1. The second-order valence-electron chi connectivity index (χ2n) is 14.4. The Balaban J connectivity index is 1.85. The van der Waals surface area contributed by atoms with Crippen LogP contribution in [0.3, 0.4) is 0 Å². The molecule has 0 fully saturated rings. The number of carbonyl (C=O) groups is 1. The quantitative estimate of drug-likeness (QED) is 0.0584. The van der Waals surface area contributed by atoms with Crippen molar-refractivity contribution in [1.82, 2.24) is 0 Å². The number of esters is 1. The molecule has 0 heterocycles. The number of aliphatic hydroxyl groups is 1. The van der Waals surface area contributed by atoms with Crippen LogP contribution in [0.15, 0.2) is 60.7 Å². The lowest BCUT2D eigenvalue weighted by Gasteiger charge is -2.43. The number of benzene rings is 2. The average Bonchev–Trinajstić information content (AvgIpc) is 3.06. The lowest BCUT2D eigenvalue weighted by Crippen LogP contribution is -2.67. The minimum Gasteiger partial charge on any atom is -0.462 e. The maximum absolute atomic E-state index is 12.7. The number of aliphatic hydroxyl groups excluding tert-OH is 1. The van der Waals surface area contributed by atoms with Crippen LogP contribution >= 0.6 is 0 Å². The van der Waals surface area contributed by atoms with Gasteiger partial charge in [0.2, 0.25) is 0 Å². The average molecular weight is 669 g/mol. The Kier molecular flexibility index (Phi) is 21.2. The van der Waals surface area contributed by atoms with Gasteiger partial charge in [0.25, 0.3) is 8.32 Å². The van der Waals surface area contributed by atoms with E-state index in [1.54, 1.807) is 0 Å². The van der Waals surface area contributed by atoms with E-state index in [0.29, 0.717) is 19.4 Å². The summed E-state index contributed by atoms with van der Waals surface area (Å²) in [6.07, 6.45) is 18.2. The highest BCUT2D eigenvalue weighted by molar-refractivity contribution is 6.99. The van der Waals surface area contributed by atoms with E-state index in [1.165, 1.54) is 81.0 Å². The summed E-state index contributed by atoms with van der Waals surface area (Å²) in [5, 5.41) is 13.2. The summed E-state index contributed by atoms with van der Waals surface area (Å²) in [5.74, 6) is -0.0785. The van der Waals surface area contributed by atoms with E-state index in [2.05, 4.69) is 83.1 Å². The van der Waals surface area contributed by atoms with Gasteiger partial charge in [-0.05, 0) is 34.7 Å². The first-order valence-electron chi connectivity index (χ1n) is 18.9. The smallest absolute Gasteiger partial charge is 0.306 e. The Morgan fingerprint density at radius 3 is 1.68 bits per heavy atom. The molecule has 6 heteroatoms. The van der Waals surface area contributed by atoms with E-state index in [9.17, 15) is 9.90 Å². The number of rotatable bonds is 27. The molecule has 0 radical (unpaired) electrons. The molecule has 0 bridgehead atoms. The predicted molar refractivity (Wildman–Crippen MR) is 200 cm³/mol. The van der Waals surface area contributed by atoms with Gasteiger partial charge in [0.1, 0.15) is 6.10 Å². The summed E-state index contributed by atoms with van der Waals surface area (Å²) in [7, 11) is -2.72. The van der Waals surface area contributed by atoms with Crippen LogP contribution in [0.2, 0.25) is 5.04 Å². The van der Waals surface area contributed by atoms with E-state index in [4.69, 9.17) is 13.9 Å². The van der Waals surface area contributed by atoms with Gasteiger partial charge in [-0.15, -0.1) is 0 Å². The van der Waals surface area contributed by atoms with E-state index < -0.39 is 14.4 Å². The predicted octanol–water partition coefficient (Wildman–Crippen LogP) is 9.52. The number of hydrogen-bond acceptors (Lipinski definition) is 5. The third-order valence-electron chi connectivity index (χ3n) is 9.22. The minimum absolute atomic E-state index is 0.0785. The van der Waals surface area contributed by atoms with Crippen LogP contribution in [0.1, 0.15) is 144 Å².